The smallest absolute Gasteiger partial charge is 0.254 e. The number of piperidine rings is 1. The molecule has 3 amide bonds. The fourth-order valence-electron chi connectivity index (χ4n) is 4.02. The summed E-state index contributed by atoms with van der Waals surface area (Å²) >= 11 is 0. The summed E-state index contributed by atoms with van der Waals surface area (Å²) in [6.07, 6.45) is 0.545. The van der Waals surface area contributed by atoms with Gasteiger partial charge in [0.05, 0.1) is 6.04 Å². The molecule has 2 heterocycles. The average Bonchev–Trinajstić information content (AvgIpc) is 2.70. The fourth-order valence-corrected chi connectivity index (χ4v) is 4.02. The van der Waals surface area contributed by atoms with Crippen molar-refractivity contribution in [3.05, 3.63) is 35.4 Å². The monoisotopic (exact) mass is 401 g/mol. The minimum atomic E-state index is -0.735. The average molecular weight is 402 g/mol. The highest BCUT2D eigenvalue weighted by Gasteiger charge is 2.42. The Hall–Kier alpha value is -2.41. The van der Waals surface area contributed by atoms with Gasteiger partial charge in [0.2, 0.25) is 11.8 Å². The number of hydrogen-bond donors (Lipinski definition) is 1. The number of nitrogens with one attached hydrogen (secondary N) is 1. The summed E-state index contributed by atoms with van der Waals surface area (Å²) in [5, 5.41) is 2.95. The summed E-state index contributed by atoms with van der Waals surface area (Å²) in [5.74, 6) is -0.254. The number of amides is 3. The van der Waals surface area contributed by atoms with Crippen LogP contribution in [0.4, 0.5) is 0 Å². The van der Waals surface area contributed by atoms with Gasteiger partial charge in [-0.2, -0.15) is 0 Å². The normalized spacial score (nSPS) is 23.4. The molecule has 0 spiro atoms. The zero-order chi connectivity index (χ0) is 21.1. The van der Waals surface area contributed by atoms with Gasteiger partial charge in [-0.1, -0.05) is 29.8 Å². The Labute approximate surface area is 172 Å². The number of aryl methyl sites for hydroxylation is 1. The lowest BCUT2D eigenvalue weighted by atomic mass is 9.93. The molecule has 29 heavy (non-hydrogen) atoms. The van der Waals surface area contributed by atoms with E-state index in [0.29, 0.717) is 25.9 Å². The van der Waals surface area contributed by atoms with E-state index >= 15 is 0 Å². The molecule has 2 aliphatic heterocycles. The lowest BCUT2D eigenvalue weighted by Crippen LogP contribution is -2.55. The Morgan fingerprint density at radius 2 is 1.76 bits per heavy atom. The van der Waals surface area contributed by atoms with Gasteiger partial charge < -0.3 is 19.9 Å². The zero-order valence-corrected chi connectivity index (χ0v) is 17.7. The van der Waals surface area contributed by atoms with Gasteiger partial charge in [0, 0.05) is 32.1 Å². The predicted molar refractivity (Wildman–Crippen MR) is 109 cm³/mol. The molecule has 3 rings (SSSR count). The number of carbonyl (C=O) groups is 3. The van der Waals surface area contributed by atoms with Crippen LogP contribution in [0.5, 0.6) is 0 Å². The highest BCUT2D eigenvalue weighted by molar-refractivity contribution is 5.87. The molecule has 2 unspecified atom stereocenters. The summed E-state index contributed by atoms with van der Waals surface area (Å²) in [6, 6.07) is 7.50. The maximum atomic E-state index is 13.3. The molecule has 7 nitrogen and oxygen atoms in total. The quantitative estimate of drug-likeness (QED) is 0.832. The Bertz CT molecular complexity index is 754. The summed E-state index contributed by atoms with van der Waals surface area (Å²) < 4.78 is 5.74. The SMILES string of the molecule is Cc1ccc(C2C(C(=O)N3CCC(C(=O)NC(C)C)CC3)OCC(=O)N2C)cc1. The van der Waals surface area contributed by atoms with Gasteiger partial charge in [-0.3, -0.25) is 14.4 Å². The molecule has 0 bridgehead atoms. The Kier molecular flexibility index (Phi) is 6.57. The highest BCUT2D eigenvalue weighted by atomic mass is 16.5. The summed E-state index contributed by atoms with van der Waals surface area (Å²) in [6.45, 7) is 6.83. The number of nitrogens with zero attached hydrogens (tertiary/aromatic N) is 2. The lowest BCUT2D eigenvalue weighted by molar-refractivity contribution is -0.168. The summed E-state index contributed by atoms with van der Waals surface area (Å²) in [4.78, 5) is 41.1. The molecular weight excluding hydrogens is 370 g/mol. The van der Waals surface area contributed by atoms with Crippen molar-refractivity contribution in [2.24, 2.45) is 5.92 Å². The van der Waals surface area contributed by atoms with E-state index in [1.807, 2.05) is 45.0 Å². The third-order valence-electron chi connectivity index (χ3n) is 5.75. The van der Waals surface area contributed by atoms with Crippen LogP contribution in [0.15, 0.2) is 24.3 Å². The number of hydrogen-bond acceptors (Lipinski definition) is 4. The lowest BCUT2D eigenvalue weighted by Gasteiger charge is -2.41. The number of likely N-dealkylation sites (tertiary alicyclic amines) is 1. The second-order valence-corrected chi connectivity index (χ2v) is 8.35. The Balaban J connectivity index is 1.71. The maximum absolute atomic E-state index is 13.3. The molecular formula is C22H31N3O4. The van der Waals surface area contributed by atoms with Crippen LogP contribution in [0.1, 0.15) is 43.9 Å². The molecule has 1 aromatic rings. The summed E-state index contributed by atoms with van der Waals surface area (Å²) in [7, 11) is 1.72. The molecule has 2 fully saturated rings. The van der Waals surface area contributed by atoms with Crippen molar-refractivity contribution >= 4 is 17.7 Å². The number of carbonyl (C=O) groups excluding carboxylic acids is 3. The van der Waals surface area contributed by atoms with Crippen LogP contribution in [0.25, 0.3) is 0 Å². The first-order valence-electron chi connectivity index (χ1n) is 10.3. The largest absolute Gasteiger partial charge is 0.356 e. The van der Waals surface area contributed by atoms with E-state index in [0.717, 1.165) is 11.1 Å². The van der Waals surface area contributed by atoms with Crippen LogP contribution < -0.4 is 5.32 Å². The zero-order valence-electron chi connectivity index (χ0n) is 17.7. The van der Waals surface area contributed by atoms with Crippen molar-refractivity contribution < 1.29 is 19.1 Å². The number of ether oxygens (including phenoxy) is 1. The Morgan fingerprint density at radius 3 is 2.34 bits per heavy atom. The number of likely N-dealkylation sites (N-methyl/N-ethyl adjacent to an activating group) is 1. The van der Waals surface area contributed by atoms with Gasteiger partial charge in [0.25, 0.3) is 5.91 Å². The third kappa shape index (κ3) is 4.78. The van der Waals surface area contributed by atoms with E-state index < -0.39 is 12.1 Å². The molecule has 0 aromatic heterocycles. The first-order chi connectivity index (χ1) is 13.8. The molecule has 1 aromatic carbocycles. The van der Waals surface area contributed by atoms with Gasteiger partial charge in [-0.25, -0.2) is 0 Å². The first kappa shape index (κ1) is 21.3. The van der Waals surface area contributed by atoms with Crippen molar-refractivity contribution in [2.75, 3.05) is 26.7 Å². The van der Waals surface area contributed by atoms with E-state index in [-0.39, 0.29) is 36.3 Å². The second-order valence-electron chi connectivity index (χ2n) is 8.35. The molecule has 7 heteroatoms. The van der Waals surface area contributed by atoms with Crippen molar-refractivity contribution in [1.82, 2.24) is 15.1 Å². The topological polar surface area (TPSA) is 79.0 Å². The van der Waals surface area contributed by atoms with Crippen molar-refractivity contribution in [2.45, 2.75) is 51.8 Å². The van der Waals surface area contributed by atoms with Crippen LogP contribution in [-0.2, 0) is 19.1 Å². The minimum absolute atomic E-state index is 0.0591. The van der Waals surface area contributed by atoms with Gasteiger partial charge in [0.1, 0.15) is 6.61 Å². The highest BCUT2D eigenvalue weighted by Crippen LogP contribution is 2.31. The van der Waals surface area contributed by atoms with Crippen molar-refractivity contribution in [3.63, 3.8) is 0 Å². The van der Waals surface area contributed by atoms with E-state index in [2.05, 4.69) is 5.32 Å². The fraction of sp³-hybridized carbons (Fsp3) is 0.591. The van der Waals surface area contributed by atoms with Gasteiger partial charge in [-0.05, 0) is 39.2 Å². The van der Waals surface area contributed by atoms with E-state index in [9.17, 15) is 14.4 Å². The number of rotatable bonds is 4. The minimum Gasteiger partial charge on any atom is -0.356 e. The molecule has 1 N–H and O–H groups in total. The second kappa shape index (κ2) is 8.95. The Morgan fingerprint density at radius 1 is 1.14 bits per heavy atom. The van der Waals surface area contributed by atoms with Crippen molar-refractivity contribution in [3.8, 4) is 0 Å². The van der Waals surface area contributed by atoms with Gasteiger partial charge >= 0.3 is 0 Å². The molecule has 2 aliphatic rings. The molecule has 0 saturated carbocycles. The van der Waals surface area contributed by atoms with E-state index in [1.54, 1.807) is 16.8 Å². The standard InChI is InChI=1S/C22H31N3O4/c1-14(2)23-21(27)17-9-11-25(12-10-17)22(28)20-19(24(4)18(26)13-29-20)16-7-5-15(3)6-8-16/h5-8,14,17,19-20H,9-13H2,1-4H3,(H,23,27). The third-order valence-corrected chi connectivity index (χ3v) is 5.75. The van der Waals surface area contributed by atoms with Crippen LogP contribution in [0, 0.1) is 12.8 Å². The molecule has 0 aliphatic carbocycles. The van der Waals surface area contributed by atoms with E-state index in [1.165, 1.54) is 0 Å². The summed E-state index contributed by atoms with van der Waals surface area (Å²) in [5.41, 5.74) is 2.00. The molecule has 2 atom stereocenters. The molecule has 158 valence electrons. The predicted octanol–water partition coefficient (Wildman–Crippen LogP) is 1.66. The van der Waals surface area contributed by atoms with Crippen LogP contribution >= 0.6 is 0 Å². The first-order valence-corrected chi connectivity index (χ1v) is 10.3. The number of benzene rings is 1. The van der Waals surface area contributed by atoms with E-state index in [4.69, 9.17) is 4.74 Å². The van der Waals surface area contributed by atoms with Gasteiger partial charge in [0.15, 0.2) is 6.10 Å². The van der Waals surface area contributed by atoms with Crippen LogP contribution in [-0.4, -0.2) is 66.4 Å². The maximum Gasteiger partial charge on any atom is 0.254 e. The van der Waals surface area contributed by atoms with Crippen LogP contribution in [0.3, 0.4) is 0 Å². The number of morpholine rings is 1. The molecule has 2 saturated heterocycles. The van der Waals surface area contributed by atoms with Crippen LogP contribution in [0.2, 0.25) is 0 Å². The van der Waals surface area contributed by atoms with Gasteiger partial charge in [-0.15, -0.1) is 0 Å². The molecule has 0 radical (unpaired) electrons. The van der Waals surface area contributed by atoms with Crippen molar-refractivity contribution in [1.29, 1.82) is 0 Å².